The molecule has 0 saturated carbocycles. The van der Waals surface area contributed by atoms with Crippen LogP contribution in [0.5, 0.6) is 0 Å². The highest BCUT2D eigenvalue weighted by Crippen LogP contribution is 2.12. The van der Waals surface area contributed by atoms with Crippen molar-refractivity contribution in [3.8, 4) is 0 Å². The summed E-state index contributed by atoms with van der Waals surface area (Å²) >= 11 is 1.68. The lowest BCUT2D eigenvalue weighted by atomic mass is 10.3. The van der Waals surface area contributed by atoms with Crippen LogP contribution in [0.25, 0.3) is 0 Å². The van der Waals surface area contributed by atoms with Gasteiger partial charge in [0.25, 0.3) is 0 Å². The highest BCUT2D eigenvalue weighted by molar-refractivity contribution is 7.11. The standard InChI is InChI=1S/C8H15N3S/c1-3-4-7-10-11-8(12-7)5-6(2)9/h6H,3-5,9H2,1-2H3. The molecule has 0 aliphatic rings. The summed E-state index contributed by atoms with van der Waals surface area (Å²) in [4.78, 5) is 0. The van der Waals surface area contributed by atoms with Crippen molar-refractivity contribution in [3.05, 3.63) is 10.0 Å². The maximum Gasteiger partial charge on any atom is 0.118 e. The van der Waals surface area contributed by atoms with E-state index in [1.807, 2.05) is 6.92 Å². The van der Waals surface area contributed by atoms with Gasteiger partial charge in [-0.1, -0.05) is 6.92 Å². The molecular weight excluding hydrogens is 170 g/mol. The number of aryl methyl sites for hydroxylation is 1. The van der Waals surface area contributed by atoms with Crippen LogP contribution >= 0.6 is 11.3 Å². The molecule has 0 aliphatic heterocycles. The topological polar surface area (TPSA) is 51.8 Å². The quantitative estimate of drug-likeness (QED) is 0.771. The van der Waals surface area contributed by atoms with E-state index in [0.717, 1.165) is 29.3 Å². The first-order valence-electron chi connectivity index (χ1n) is 4.29. The van der Waals surface area contributed by atoms with Gasteiger partial charge in [-0.25, -0.2) is 0 Å². The molecule has 0 aromatic carbocycles. The van der Waals surface area contributed by atoms with Crippen molar-refractivity contribution in [2.24, 2.45) is 5.73 Å². The van der Waals surface area contributed by atoms with Crippen molar-refractivity contribution >= 4 is 11.3 Å². The summed E-state index contributed by atoms with van der Waals surface area (Å²) in [5.74, 6) is 0. The summed E-state index contributed by atoms with van der Waals surface area (Å²) < 4.78 is 0. The molecule has 1 atom stereocenters. The van der Waals surface area contributed by atoms with Crippen LogP contribution in [0.4, 0.5) is 0 Å². The van der Waals surface area contributed by atoms with E-state index in [1.54, 1.807) is 11.3 Å². The van der Waals surface area contributed by atoms with Gasteiger partial charge in [0.05, 0.1) is 0 Å². The molecule has 0 aliphatic carbocycles. The molecule has 12 heavy (non-hydrogen) atoms. The average Bonchev–Trinajstić information content (AvgIpc) is 2.36. The van der Waals surface area contributed by atoms with Crippen LogP contribution in [0, 0.1) is 0 Å². The Kier molecular flexibility index (Phi) is 3.62. The lowest BCUT2D eigenvalue weighted by molar-refractivity contribution is 0.724. The zero-order chi connectivity index (χ0) is 8.97. The van der Waals surface area contributed by atoms with E-state index in [2.05, 4.69) is 17.1 Å². The first-order chi connectivity index (χ1) is 5.72. The molecule has 68 valence electrons. The van der Waals surface area contributed by atoms with Crippen molar-refractivity contribution in [2.75, 3.05) is 0 Å². The normalized spacial score (nSPS) is 13.2. The number of aromatic nitrogens is 2. The molecule has 0 amide bonds. The first kappa shape index (κ1) is 9.61. The minimum absolute atomic E-state index is 0.187. The summed E-state index contributed by atoms with van der Waals surface area (Å²) in [6, 6.07) is 0.187. The minimum atomic E-state index is 0.187. The van der Waals surface area contributed by atoms with E-state index < -0.39 is 0 Å². The molecule has 0 saturated heterocycles. The summed E-state index contributed by atoms with van der Waals surface area (Å²) in [6.07, 6.45) is 3.02. The second-order valence-corrected chi connectivity index (χ2v) is 4.17. The first-order valence-corrected chi connectivity index (χ1v) is 5.11. The Morgan fingerprint density at radius 2 is 2.08 bits per heavy atom. The van der Waals surface area contributed by atoms with Crippen LogP contribution in [0.2, 0.25) is 0 Å². The molecule has 1 aromatic rings. The van der Waals surface area contributed by atoms with Gasteiger partial charge in [-0.3, -0.25) is 0 Å². The van der Waals surface area contributed by atoms with Crippen LogP contribution < -0.4 is 5.73 Å². The third-order valence-electron chi connectivity index (χ3n) is 1.47. The van der Waals surface area contributed by atoms with Crippen molar-refractivity contribution in [1.82, 2.24) is 10.2 Å². The Hall–Kier alpha value is -0.480. The van der Waals surface area contributed by atoms with Gasteiger partial charge in [0.1, 0.15) is 10.0 Å². The molecule has 1 heterocycles. The van der Waals surface area contributed by atoms with E-state index in [9.17, 15) is 0 Å². The van der Waals surface area contributed by atoms with Gasteiger partial charge in [0.15, 0.2) is 0 Å². The second-order valence-electron chi connectivity index (χ2n) is 3.02. The minimum Gasteiger partial charge on any atom is -0.328 e. The molecule has 0 bridgehead atoms. The Balaban J connectivity index is 2.52. The highest BCUT2D eigenvalue weighted by atomic mass is 32.1. The molecule has 0 fully saturated rings. The van der Waals surface area contributed by atoms with Crippen LogP contribution in [-0.4, -0.2) is 16.2 Å². The Bertz CT molecular complexity index is 232. The van der Waals surface area contributed by atoms with Gasteiger partial charge in [-0.2, -0.15) is 0 Å². The smallest absolute Gasteiger partial charge is 0.118 e. The molecule has 4 heteroatoms. The fourth-order valence-electron chi connectivity index (χ4n) is 0.961. The molecule has 1 rings (SSSR count). The van der Waals surface area contributed by atoms with E-state index >= 15 is 0 Å². The average molecular weight is 185 g/mol. The molecule has 1 unspecified atom stereocenters. The number of nitrogens with zero attached hydrogens (tertiary/aromatic N) is 2. The summed E-state index contributed by atoms with van der Waals surface area (Å²) in [7, 11) is 0. The Morgan fingerprint density at radius 3 is 2.67 bits per heavy atom. The van der Waals surface area contributed by atoms with E-state index in [4.69, 9.17) is 5.73 Å². The molecule has 2 N–H and O–H groups in total. The van der Waals surface area contributed by atoms with Gasteiger partial charge >= 0.3 is 0 Å². The lowest BCUT2D eigenvalue weighted by Gasteiger charge is -1.97. The second kappa shape index (κ2) is 4.52. The Morgan fingerprint density at radius 1 is 1.42 bits per heavy atom. The number of hydrogen-bond acceptors (Lipinski definition) is 4. The van der Waals surface area contributed by atoms with E-state index in [-0.39, 0.29) is 6.04 Å². The monoisotopic (exact) mass is 185 g/mol. The zero-order valence-corrected chi connectivity index (χ0v) is 8.40. The van der Waals surface area contributed by atoms with Crippen molar-refractivity contribution in [3.63, 3.8) is 0 Å². The SMILES string of the molecule is CCCc1nnc(CC(C)N)s1. The molecule has 1 aromatic heterocycles. The number of rotatable bonds is 4. The maximum atomic E-state index is 5.65. The highest BCUT2D eigenvalue weighted by Gasteiger charge is 2.04. The zero-order valence-electron chi connectivity index (χ0n) is 7.58. The van der Waals surface area contributed by atoms with Crippen LogP contribution in [-0.2, 0) is 12.8 Å². The van der Waals surface area contributed by atoms with Crippen molar-refractivity contribution in [1.29, 1.82) is 0 Å². The predicted molar refractivity (Wildman–Crippen MR) is 51.3 cm³/mol. The maximum absolute atomic E-state index is 5.65. The van der Waals surface area contributed by atoms with Gasteiger partial charge < -0.3 is 5.73 Å². The van der Waals surface area contributed by atoms with Gasteiger partial charge in [-0.15, -0.1) is 21.5 Å². The fourth-order valence-corrected chi connectivity index (χ4v) is 2.05. The van der Waals surface area contributed by atoms with Crippen molar-refractivity contribution in [2.45, 2.75) is 39.2 Å². The van der Waals surface area contributed by atoms with Crippen molar-refractivity contribution < 1.29 is 0 Å². The molecular formula is C8H15N3S. The number of hydrogen-bond donors (Lipinski definition) is 1. The lowest BCUT2D eigenvalue weighted by Crippen LogP contribution is -2.17. The van der Waals surface area contributed by atoms with E-state index in [0.29, 0.717) is 0 Å². The Labute approximate surface area is 77.0 Å². The molecule has 0 radical (unpaired) electrons. The molecule has 0 spiro atoms. The third-order valence-corrected chi connectivity index (χ3v) is 2.47. The number of nitrogens with two attached hydrogens (primary N) is 1. The predicted octanol–water partition coefficient (Wildman–Crippen LogP) is 1.38. The molecule has 3 nitrogen and oxygen atoms in total. The van der Waals surface area contributed by atoms with Crippen LogP contribution in [0.15, 0.2) is 0 Å². The van der Waals surface area contributed by atoms with Gasteiger partial charge in [0, 0.05) is 18.9 Å². The fraction of sp³-hybridized carbons (Fsp3) is 0.750. The summed E-state index contributed by atoms with van der Waals surface area (Å²) in [5.41, 5.74) is 5.65. The third kappa shape index (κ3) is 2.87. The van der Waals surface area contributed by atoms with Gasteiger partial charge in [-0.05, 0) is 13.3 Å². The van der Waals surface area contributed by atoms with E-state index in [1.165, 1.54) is 0 Å². The summed E-state index contributed by atoms with van der Waals surface area (Å²) in [6.45, 7) is 4.13. The summed E-state index contributed by atoms with van der Waals surface area (Å²) in [5, 5.41) is 10.3. The largest absolute Gasteiger partial charge is 0.328 e. The van der Waals surface area contributed by atoms with Gasteiger partial charge in [0.2, 0.25) is 0 Å². The van der Waals surface area contributed by atoms with Crippen LogP contribution in [0.1, 0.15) is 30.3 Å². The van der Waals surface area contributed by atoms with Crippen LogP contribution in [0.3, 0.4) is 0 Å².